The molecule has 0 aliphatic carbocycles. The highest BCUT2D eigenvalue weighted by atomic mass is 31.1. The molecule has 2 aromatic carbocycles. The molecule has 1 aliphatic heterocycles. The first-order chi connectivity index (χ1) is 9.27. The highest BCUT2D eigenvalue weighted by molar-refractivity contribution is 7.73. The van der Waals surface area contributed by atoms with Gasteiger partial charge in [0.05, 0.1) is 13.2 Å². The van der Waals surface area contributed by atoms with E-state index >= 15 is 0 Å². The molecule has 0 saturated carbocycles. The highest BCUT2D eigenvalue weighted by Crippen LogP contribution is 2.43. The zero-order chi connectivity index (χ0) is 13.1. The van der Waals surface area contributed by atoms with Crippen LogP contribution >= 0.6 is 7.92 Å². The van der Waals surface area contributed by atoms with Crippen molar-refractivity contribution in [3.63, 3.8) is 0 Å². The normalized spacial score (nSPS) is 17.2. The maximum absolute atomic E-state index is 5.42. The van der Waals surface area contributed by atoms with Gasteiger partial charge in [0.2, 0.25) is 0 Å². The molecule has 1 heterocycles. The Morgan fingerprint density at radius 2 is 1.37 bits per heavy atom. The average Bonchev–Trinajstić information content (AvgIpc) is 2.45. The van der Waals surface area contributed by atoms with E-state index in [4.69, 9.17) is 4.74 Å². The van der Waals surface area contributed by atoms with Crippen molar-refractivity contribution in [3.8, 4) is 0 Å². The second-order valence-corrected chi connectivity index (χ2v) is 7.77. The number of ether oxygens (including phenoxy) is 1. The van der Waals surface area contributed by atoms with Gasteiger partial charge in [-0.15, -0.1) is 0 Å². The summed E-state index contributed by atoms with van der Waals surface area (Å²) in [6.45, 7) is 4.16. The van der Waals surface area contributed by atoms with Gasteiger partial charge in [-0.3, -0.25) is 0 Å². The third kappa shape index (κ3) is 2.88. The van der Waals surface area contributed by atoms with Crippen molar-refractivity contribution in [1.82, 2.24) is 0 Å². The van der Waals surface area contributed by atoms with Crippen molar-refractivity contribution in [2.45, 2.75) is 6.92 Å². The fourth-order valence-corrected chi connectivity index (χ4v) is 5.14. The molecule has 0 atom stereocenters. The van der Waals surface area contributed by atoms with E-state index < -0.39 is 0 Å². The minimum absolute atomic E-state index is 0.273. The number of hydrogen-bond donors (Lipinski definition) is 0. The summed E-state index contributed by atoms with van der Waals surface area (Å²) in [5.41, 5.74) is 0.359. The van der Waals surface area contributed by atoms with Crippen LogP contribution in [0, 0.1) is 5.41 Å². The molecule has 1 aliphatic rings. The zero-order valence-corrected chi connectivity index (χ0v) is 12.1. The van der Waals surface area contributed by atoms with Crippen molar-refractivity contribution >= 4 is 18.5 Å². The predicted molar refractivity (Wildman–Crippen MR) is 82.9 cm³/mol. The molecule has 2 aromatic rings. The first kappa shape index (κ1) is 12.8. The van der Waals surface area contributed by atoms with Gasteiger partial charge in [0.15, 0.2) is 0 Å². The predicted octanol–water partition coefficient (Wildman–Crippen LogP) is 3.16. The van der Waals surface area contributed by atoms with E-state index in [-0.39, 0.29) is 7.92 Å². The van der Waals surface area contributed by atoms with Crippen LogP contribution < -0.4 is 10.6 Å². The minimum Gasteiger partial charge on any atom is -0.380 e. The molecule has 1 nitrogen and oxygen atoms in total. The molecule has 3 rings (SSSR count). The number of hydrogen-bond acceptors (Lipinski definition) is 1. The molecule has 0 amide bonds. The van der Waals surface area contributed by atoms with Gasteiger partial charge in [-0.1, -0.05) is 67.6 Å². The van der Waals surface area contributed by atoms with Gasteiger partial charge in [0.1, 0.15) is 0 Å². The van der Waals surface area contributed by atoms with Gasteiger partial charge in [-0.25, -0.2) is 0 Å². The number of benzene rings is 2. The van der Waals surface area contributed by atoms with Crippen molar-refractivity contribution < 1.29 is 4.74 Å². The monoisotopic (exact) mass is 270 g/mol. The Kier molecular flexibility index (Phi) is 3.68. The lowest BCUT2D eigenvalue weighted by atomic mass is 9.92. The standard InChI is InChI=1S/C17H19OP/c1-17(12-18-13-17)14-19(15-8-4-2-5-9-15)16-10-6-3-7-11-16/h2-11H,12-14H2,1H3. The average molecular weight is 270 g/mol. The summed E-state index contributed by atoms with van der Waals surface area (Å²) in [7, 11) is -0.273. The van der Waals surface area contributed by atoms with Crippen LogP contribution in [0.3, 0.4) is 0 Å². The molecular formula is C17H19OP. The van der Waals surface area contributed by atoms with Gasteiger partial charge in [-0.05, 0) is 24.7 Å². The summed E-state index contributed by atoms with van der Waals surface area (Å²) in [4.78, 5) is 0. The van der Waals surface area contributed by atoms with Gasteiger partial charge in [0, 0.05) is 5.41 Å². The highest BCUT2D eigenvalue weighted by Gasteiger charge is 2.36. The molecule has 0 N–H and O–H groups in total. The smallest absolute Gasteiger partial charge is 0.0545 e. The second kappa shape index (κ2) is 5.45. The minimum atomic E-state index is -0.273. The fourth-order valence-electron chi connectivity index (χ4n) is 2.47. The lowest BCUT2D eigenvalue weighted by Gasteiger charge is -2.40. The van der Waals surface area contributed by atoms with Crippen molar-refractivity contribution in [2.75, 3.05) is 19.4 Å². The summed E-state index contributed by atoms with van der Waals surface area (Å²) in [6, 6.07) is 21.8. The molecule has 98 valence electrons. The molecule has 1 saturated heterocycles. The van der Waals surface area contributed by atoms with E-state index in [1.54, 1.807) is 0 Å². The summed E-state index contributed by atoms with van der Waals surface area (Å²) in [5.74, 6) is 0. The molecule has 0 radical (unpaired) electrons. The number of rotatable bonds is 4. The van der Waals surface area contributed by atoms with Crippen LogP contribution in [-0.2, 0) is 4.74 Å². The van der Waals surface area contributed by atoms with Crippen LogP contribution in [0.2, 0.25) is 0 Å². The Bertz CT molecular complexity index is 480. The second-order valence-electron chi connectivity index (χ2n) is 5.56. The van der Waals surface area contributed by atoms with E-state index in [1.165, 1.54) is 16.8 Å². The Morgan fingerprint density at radius 3 is 1.74 bits per heavy atom. The van der Waals surface area contributed by atoms with Crippen molar-refractivity contribution in [3.05, 3.63) is 60.7 Å². The van der Waals surface area contributed by atoms with Crippen LogP contribution in [0.25, 0.3) is 0 Å². The molecule has 19 heavy (non-hydrogen) atoms. The molecular weight excluding hydrogens is 251 g/mol. The van der Waals surface area contributed by atoms with Gasteiger partial charge >= 0.3 is 0 Å². The van der Waals surface area contributed by atoms with E-state index in [1.807, 2.05) is 0 Å². The van der Waals surface area contributed by atoms with Crippen LogP contribution in [-0.4, -0.2) is 19.4 Å². The molecule has 1 fully saturated rings. The third-order valence-corrected chi connectivity index (χ3v) is 6.50. The molecule has 2 heteroatoms. The van der Waals surface area contributed by atoms with Crippen LogP contribution in [0.5, 0.6) is 0 Å². The fraction of sp³-hybridized carbons (Fsp3) is 0.294. The lowest BCUT2D eigenvalue weighted by Crippen LogP contribution is -2.43. The zero-order valence-electron chi connectivity index (χ0n) is 11.3. The van der Waals surface area contributed by atoms with E-state index in [9.17, 15) is 0 Å². The first-order valence-corrected chi connectivity index (χ1v) is 8.25. The Labute approximate surface area is 116 Å². The largest absolute Gasteiger partial charge is 0.380 e. The summed E-state index contributed by atoms with van der Waals surface area (Å²) in [5, 5.41) is 2.94. The Balaban J connectivity index is 1.92. The lowest BCUT2D eigenvalue weighted by molar-refractivity contribution is -0.0865. The van der Waals surface area contributed by atoms with Crippen molar-refractivity contribution in [1.29, 1.82) is 0 Å². The SMILES string of the molecule is CC1(CP(c2ccccc2)c2ccccc2)COC1. The summed E-state index contributed by atoms with van der Waals surface area (Å²) < 4.78 is 5.42. The molecule has 0 bridgehead atoms. The van der Waals surface area contributed by atoms with Crippen molar-refractivity contribution in [2.24, 2.45) is 5.41 Å². The maximum Gasteiger partial charge on any atom is 0.0545 e. The first-order valence-electron chi connectivity index (χ1n) is 6.72. The Morgan fingerprint density at radius 1 is 0.895 bits per heavy atom. The van der Waals surface area contributed by atoms with Crippen LogP contribution in [0.15, 0.2) is 60.7 Å². The quantitative estimate of drug-likeness (QED) is 0.775. The van der Waals surface area contributed by atoms with Gasteiger partial charge in [0.25, 0.3) is 0 Å². The van der Waals surface area contributed by atoms with Crippen LogP contribution in [0.4, 0.5) is 0 Å². The van der Waals surface area contributed by atoms with E-state index in [0.717, 1.165) is 13.2 Å². The molecule has 0 spiro atoms. The summed E-state index contributed by atoms with van der Waals surface area (Å²) >= 11 is 0. The molecule has 0 unspecified atom stereocenters. The Hall–Kier alpha value is -1.17. The van der Waals surface area contributed by atoms with Crippen LogP contribution in [0.1, 0.15) is 6.92 Å². The third-order valence-electron chi connectivity index (χ3n) is 3.58. The van der Waals surface area contributed by atoms with Gasteiger partial charge in [-0.2, -0.15) is 0 Å². The van der Waals surface area contributed by atoms with Gasteiger partial charge < -0.3 is 4.74 Å². The topological polar surface area (TPSA) is 9.23 Å². The molecule has 0 aromatic heterocycles. The van der Waals surface area contributed by atoms with E-state index in [0.29, 0.717) is 5.41 Å². The van der Waals surface area contributed by atoms with E-state index in [2.05, 4.69) is 67.6 Å². The maximum atomic E-state index is 5.42. The summed E-state index contributed by atoms with van der Waals surface area (Å²) in [6.07, 6.45) is 1.22.